The van der Waals surface area contributed by atoms with Gasteiger partial charge >= 0.3 is 0 Å². The van der Waals surface area contributed by atoms with Crippen LogP contribution in [0.25, 0.3) is 11.0 Å². The largest absolute Gasteiger partial charge is 0.396 e. The lowest BCUT2D eigenvalue weighted by atomic mass is 10.2. The van der Waals surface area contributed by atoms with Crippen molar-refractivity contribution in [2.24, 2.45) is 7.05 Å². The van der Waals surface area contributed by atoms with Crippen molar-refractivity contribution in [3.05, 3.63) is 30.1 Å². The third kappa shape index (κ3) is 2.62. The van der Waals surface area contributed by atoms with E-state index in [1.165, 1.54) is 0 Å². The van der Waals surface area contributed by atoms with E-state index in [-0.39, 0.29) is 18.9 Å². The van der Waals surface area contributed by atoms with Gasteiger partial charge in [-0.15, -0.1) is 0 Å². The predicted molar refractivity (Wildman–Crippen MR) is 64.3 cm³/mol. The highest BCUT2D eigenvalue weighted by Gasteiger charge is 2.03. The minimum Gasteiger partial charge on any atom is -0.396 e. The van der Waals surface area contributed by atoms with Crippen molar-refractivity contribution in [2.75, 3.05) is 6.61 Å². The maximum atomic E-state index is 11.2. The Bertz CT molecular complexity index is 534. The van der Waals surface area contributed by atoms with E-state index in [1.807, 2.05) is 29.8 Å². The molecule has 17 heavy (non-hydrogen) atoms. The molecule has 5 nitrogen and oxygen atoms in total. The lowest BCUT2D eigenvalue weighted by molar-refractivity contribution is -0.121. The standard InChI is InChI=1S/C12H15N3O2/c1-15-8-14-10-6-9(2-3-11(10)15)7-13-12(17)4-5-16/h2-3,6,8,16H,4-5,7H2,1H3,(H,13,17). The fourth-order valence-electron chi connectivity index (χ4n) is 1.68. The van der Waals surface area contributed by atoms with Gasteiger partial charge in [0.1, 0.15) is 0 Å². The van der Waals surface area contributed by atoms with Crippen LogP contribution in [0.4, 0.5) is 0 Å². The number of carbonyl (C=O) groups is 1. The van der Waals surface area contributed by atoms with Gasteiger partial charge in [-0.05, 0) is 17.7 Å². The minimum absolute atomic E-state index is 0.120. The number of carbonyl (C=O) groups excluding carboxylic acids is 1. The zero-order valence-corrected chi connectivity index (χ0v) is 9.68. The van der Waals surface area contributed by atoms with Gasteiger partial charge in [0.15, 0.2) is 0 Å². The first-order chi connectivity index (χ1) is 8.20. The van der Waals surface area contributed by atoms with Crippen LogP contribution in [0, 0.1) is 0 Å². The van der Waals surface area contributed by atoms with E-state index in [0.29, 0.717) is 6.54 Å². The molecule has 0 aliphatic carbocycles. The minimum atomic E-state index is -0.145. The molecule has 1 heterocycles. The summed E-state index contributed by atoms with van der Waals surface area (Å²) in [4.78, 5) is 15.4. The molecule has 2 rings (SSSR count). The third-order valence-corrected chi connectivity index (χ3v) is 2.62. The fourth-order valence-corrected chi connectivity index (χ4v) is 1.68. The molecule has 0 saturated carbocycles. The number of fused-ring (bicyclic) bond motifs is 1. The Balaban J connectivity index is 2.07. The number of aliphatic hydroxyl groups is 1. The normalized spacial score (nSPS) is 10.7. The topological polar surface area (TPSA) is 67.2 Å². The molecular weight excluding hydrogens is 218 g/mol. The first-order valence-electron chi connectivity index (χ1n) is 5.48. The summed E-state index contributed by atoms with van der Waals surface area (Å²) in [5.41, 5.74) is 2.99. The van der Waals surface area contributed by atoms with E-state index < -0.39 is 0 Å². The Labute approximate surface area is 99.1 Å². The Morgan fingerprint density at radius 2 is 2.35 bits per heavy atom. The zero-order valence-electron chi connectivity index (χ0n) is 9.68. The van der Waals surface area contributed by atoms with Crippen molar-refractivity contribution in [3.8, 4) is 0 Å². The molecule has 5 heteroatoms. The van der Waals surface area contributed by atoms with Crippen LogP contribution in [0.3, 0.4) is 0 Å². The van der Waals surface area contributed by atoms with E-state index in [0.717, 1.165) is 16.6 Å². The summed E-state index contributed by atoms with van der Waals surface area (Å²) in [5.74, 6) is -0.145. The second-order valence-electron chi connectivity index (χ2n) is 3.93. The lowest BCUT2D eigenvalue weighted by Gasteiger charge is -2.04. The molecule has 0 fully saturated rings. The molecule has 0 saturated heterocycles. The van der Waals surface area contributed by atoms with Gasteiger partial charge in [-0.2, -0.15) is 0 Å². The van der Waals surface area contributed by atoms with Crippen molar-refractivity contribution in [3.63, 3.8) is 0 Å². The number of aromatic nitrogens is 2. The second kappa shape index (κ2) is 4.97. The van der Waals surface area contributed by atoms with Crippen molar-refractivity contribution >= 4 is 16.9 Å². The van der Waals surface area contributed by atoms with Crippen LogP contribution < -0.4 is 5.32 Å². The number of benzene rings is 1. The van der Waals surface area contributed by atoms with Crippen LogP contribution in [0.5, 0.6) is 0 Å². The Morgan fingerprint density at radius 1 is 1.53 bits per heavy atom. The molecule has 0 atom stereocenters. The van der Waals surface area contributed by atoms with Crippen molar-refractivity contribution in [2.45, 2.75) is 13.0 Å². The zero-order chi connectivity index (χ0) is 12.3. The third-order valence-electron chi connectivity index (χ3n) is 2.62. The molecule has 2 aromatic rings. The molecule has 2 N–H and O–H groups in total. The number of aliphatic hydroxyl groups excluding tert-OH is 1. The Morgan fingerprint density at radius 3 is 3.12 bits per heavy atom. The SMILES string of the molecule is Cn1cnc2cc(CNC(=O)CCO)ccc21. The summed E-state index contributed by atoms with van der Waals surface area (Å²) in [6.07, 6.45) is 1.91. The summed E-state index contributed by atoms with van der Waals surface area (Å²) >= 11 is 0. The molecule has 1 amide bonds. The summed E-state index contributed by atoms with van der Waals surface area (Å²) in [5, 5.41) is 11.3. The van der Waals surface area contributed by atoms with E-state index in [2.05, 4.69) is 10.3 Å². The van der Waals surface area contributed by atoms with Gasteiger partial charge in [0.25, 0.3) is 0 Å². The van der Waals surface area contributed by atoms with Crippen LogP contribution in [-0.4, -0.2) is 27.2 Å². The highest BCUT2D eigenvalue weighted by Crippen LogP contribution is 2.13. The highest BCUT2D eigenvalue weighted by molar-refractivity contribution is 5.77. The quantitative estimate of drug-likeness (QED) is 0.811. The number of imidazole rings is 1. The number of amides is 1. The monoisotopic (exact) mass is 233 g/mol. The van der Waals surface area contributed by atoms with Gasteiger partial charge in [0, 0.05) is 20.0 Å². The lowest BCUT2D eigenvalue weighted by Crippen LogP contribution is -2.23. The second-order valence-corrected chi connectivity index (χ2v) is 3.93. The number of nitrogens with one attached hydrogen (secondary N) is 1. The molecule has 0 bridgehead atoms. The van der Waals surface area contributed by atoms with Crippen LogP contribution >= 0.6 is 0 Å². The summed E-state index contributed by atoms with van der Waals surface area (Å²) in [7, 11) is 1.94. The van der Waals surface area contributed by atoms with E-state index in [4.69, 9.17) is 5.11 Å². The highest BCUT2D eigenvalue weighted by atomic mass is 16.3. The Kier molecular flexibility index (Phi) is 3.39. The van der Waals surface area contributed by atoms with Crippen molar-refractivity contribution in [1.29, 1.82) is 0 Å². The molecule has 0 aliphatic rings. The maximum absolute atomic E-state index is 11.2. The number of aryl methyl sites for hydroxylation is 1. The number of rotatable bonds is 4. The van der Waals surface area contributed by atoms with Crippen molar-refractivity contribution in [1.82, 2.24) is 14.9 Å². The molecule has 0 radical (unpaired) electrons. The van der Waals surface area contributed by atoms with Crippen molar-refractivity contribution < 1.29 is 9.90 Å². The molecule has 1 aromatic carbocycles. The predicted octanol–water partition coefficient (Wildman–Crippen LogP) is 0.572. The number of hydrogen-bond donors (Lipinski definition) is 2. The van der Waals surface area contributed by atoms with Gasteiger partial charge < -0.3 is 15.0 Å². The van der Waals surface area contributed by atoms with Crippen LogP contribution in [-0.2, 0) is 18.4 Å². The van der Waals surface area contributed by atoms with Gasteiger partial charge in [-0.25, -0.2) is 4.98 Å². The summed E-state index contributed by atoms with van der Waals surface area (Å²) in [6, 6.07) is 5.90. The van der Waals surface area contributed by atoms with E-state index in [9.17, 15) is 4.79 Å². The molecule has 1 aromatic heterocycles. The molecule has 0 aliphatic heterocycles. The average molecular weight is 233 g/mol. The first kappa shape index (κ1) is 11.6. The van der Waals surface area contributed by atoms with Crippen LogP contribution in [0.2, 0.25) is 0 Å². The number of nitrogens with zero attached hydrogens (tertiary/aromatic N) is 2. The molecule has 0 spiro atoms. The Hall–Kier alpha value is -1.88. The molecular formula is C12H15N3O2. The van der Waals surface area contributed by atoms with Crippen LogP contribution in [0.1, 0.15) is 12.0 Å². The number of hydrogen-bond acceptors (Lipinski definition) is 3. The van der Waals surface area contributed by atoms with Gasteiger partial charge in [0.05, 0.1) is 24.0 Å². The summed E-state index contributed by atoms with van der Waals surface area (Å²) < 4.78 is 1.95. The molecule has 0 unspecified atom stereocenters. The smallest absolute Gasteiger partial charge is 0.222 e. The van der Waals surface area contributed by atoms with E-state index >= 15 is 0 Å². The van der Waals surface area contributed by atoms with E-state index in [1.54, 1.807) is 6.33 Å². The van der Waals surface area contributed by atoms with Crippen LogP contribution in [0.15, 0.2) is 24.5 Å². The maximum Gasteiger partial charge on any atom is 0.222 e. The average Bonchev–Trinajstić information content (AvgIpc) is 2.69. The first-order valence-corrected chi connectivity index (χ1v) is 5.48. The molecule has 90 valence electrons. The summed E-state index contributed by atoms with van der Waals surface area (Å²) in [6.45, 7) is 0.344. The van der Waals surface area contributed by atoms with Gasteiger partial charge in [0.2, 0.25) is 5.91 Å². The van der Waals surface area contributed by atoms with Gasteiger partial charge in [-0.3, -0.25) is 4.79 Å². The fraction of sp³-hybridized carbons (Fsp3) is 0.333. The van der Waals surface area contributed by atoms with Gasteiger partial charge in [-0.1, -0.05) is 6.07 Å².